The van der Waals surface area contributed by atoms with Gasteiger partial charge in [0.15, 0.2) is 6.23 Å². The summed E-state index contributed by atoms with van der Waals surface area (Å²) in [5, 5.41) is 0. The lowest BCUT2D eigenvalue weighted by molar-refractivity contribution is -0.195. The first-order valence-electron chi connectivity index (χ1n) is 9.45. The van der Waals surface area contributed by atoms with Gasteiger partial charge in [0.25, 0.3) is 17.4 Å². The molecule has 1 atom stereocenters. The molecule has 0 aromatic heterocycles. The summed E-state index contributed by atoms with van der Waals surface area (Å²) in [6.07, 6.45) is 2.00. The van der Waals surface area contributed by atoms with Crippen LogP contribution in [0.15, 0.2) is 41.7 Å². The number of rotatable bonds is 2. The molecule has 1 unspecified atom stereocenters. The van der Waals surface area contributed by atoms with E-state index in [0.29, 0.717) is 20.9 Å². The molecule has 1 aromatic carbocycles. The van der Waals surface area contributed by atoms with Crippen LogP contribution in [0.4, 0.5) is 4.79 Å². The van der Waals surface area contributed by atoms with Gasteiger partial charge in [-0.3, -0.25) is 19.4 Å². The van der Waals surface area contributed by atoms with Gasteiger partial charge in [0.05, 0.1) is 14.2 Å². The first-order chi connectivity index (χ1) is 15.2. The second-order valence-corrected chi connectivity index (χ2v) is 7.22. The molecule has 3 heterocycles. The Balaban J connectivity index is 2.09. The number of imide groups is 2. The molecule has 0 N–H and O–H groups in total. The average molecular weight is 441 g/mol. The number of urea groups is 1. The van der Waals surface area contributed by atoms with Crippen LogP contribution in [-0.4, -0.2) is 78.4 Å². The maximum absolute atomic E-state index is 13.4. The van der Waals surface area contributed by atoms with Crippen molar-refractivity contribution in [2.45, 2.75) is 11.8 Å². The fourth-order valence-corrected chi connectivity index (χ4v) is 4.03. The second-order valence-electron chi connectivity index (χ2n) is 7.22. The molecule has 1 aromatic rings. The summed E-state index contributed by atoms with van der Waals surface area (Å²) in [6, 6.07) is 6.06. The maximum atomic E-state index is 13.4. The van der Waals surface area contributed by atoms with Gasteiger partial charge in [-0.25, -0.2) is 14.4 Å². The van der Waals surface area contributed by atoms with Crippen molar-refractivity contribution in [2.75, 3.05) is 28.3 Å². The SMILES string of the molecule is COC(=O)C1=C(C(=O)OC)C2(OC3c4ccccc4C=CN13)C(=O)N(C)C(=O)N(C)C2=O. The average Bonchev–Trinajstić information content (AvgIpc) is 2.83. The van der Waals surface area contributed by atoms with Gasteiger partial charge in [0.1, 0.15) is 11.3 Å². The lowest BCUT2D eigenvalue weighted by atomic mass is 9.83. The molecule has 4 rings (SSSR count). The summed E-state index contributed by atoms with van der Waals surface area (Å²) in [5.74, 6) is -4.41. The molecule has 1 spiro atoms. The largest absolute Gasteiger partial charge is 0.465 e. The topological polar surface area (TPSA) is 123 Å². The number of carbonyl (C=O) groups excluding carboxylic acids is 5. The molecular weight excluding hydrogens is 422 g/mol. The van der Waals surface area contributed by atoms with E-state index in [9.17, 15) is 24.0 Å². The normalized spacial score (nSPS) is 21.6. The van der Waals surface area contributed by atoms with E-state index in [-0.39, 0.29) is 0 Å². The van der Waals surface area contributed by atoms with Crippen LogP contribution < -0.4 is 0 Å². The van der Waals surface area contributed by atoms with Gasteiger partial charge in [0.2, 0.25) is 0 Å². The molecule has 32 heavy (non-hydrogen) atoms. The van der Waals surface area contributed by atoms with E-state index in [1.807, 2.05) is 0 Å². The maximum Gasteiger partial charge on any atom is 0.355 e. The van der Waals surface area contributed by atoms with E-state index in [1.165, 1.54) is 11.1 Å². The highest BCUT2D eigenvalue weighted by atomic mass is 16.6. The number of barbiturate groups is 1. The van der Waals surface area contributed by atoms with Crippen molar-refractivity contribution < 1.29 is 38.2 Å². The molecule has 0 bridgehead atoms. The molecule has 0 aliphatic carbocycles. The third-order valence-electron chi connectivity index (χ3n) is 5.62. The van der Waals surface area contributed by atoms with E-state index in [4.69, 9.17) is 14.2 Å². The van der Waals surface area contributed by atoms with Crippen molar-refractivity contribution in [3.8, 4) is 0 Å². The third-order valence-corrected chi connectivity index (χ3v) is 5.62. The predicted octanol–water partition coefficient (Wildman–Crippen LogP) is 0.391. The van der Waals surface area contributed by atoms with Crippen molar-refractivity contribution in [3.05, 3.63) is 52.9 Å². The quantitative estimate of drug-likeness (QED) is 0.474. The number of methoxy groups -OCH3 is 2. The van der Waals surface area contributed by atoms with Crippen molar-refractivity contribution in [1.29, 1.82) is 0 Å². The molecule has 166 valence electrons. The highest BCUT2D eigenvalue weighted by molar-refractivity contribution is 6.28. The number of likely N-dealkylation sites (N-methyl/N-ethyl adjacent to an activating group) is 2. The third kappa shape index (κ3) is 2.61. The number of esters is 2. The summed E-state index contributed by atoms with van der Waals surface area (Å²) in [7, 11) is 4.41. The highest BCUT2D eigenvalue weighted by Crippen LogP contribution is 2.47. The van der Waals surface area contributed by atoms with Crippen LogP contribution in [0.1, 0.15) is 17.4 Å². The molecule has 0 radical (unpaired) electrons. The Bertz CT molecular complexity index is 1110. The van der Waals surface area contributed by atoms with Crippen LogP contribution >= 0.6 is 0 Å². The number of benzene rings is 1. The summed E-state index contributed by atoms with van der Waals surface area (Å²) < 4.78 is 15.8. The van der Waals surface area contributed by atoms with Crippen LogP contribution in [-0.2, 0) is 33.4 Å². The van der Waals surface area contributed by atoms with Crippen LogP contribution in [0, 0.1) is 0 Å². The number of carbonyl (C=O) groups is 5. The van der Waals surface area contributed by atoms with Crippen LogP contribution in [0.3, 0.4) is 0 Å². The van der Waals surface area contributed by atoms with Gasteiger partial charge in [-0.2, -0.15) is 0 Å². The Morgan fingerprint density at radius 3 is 2.16 bits per heavy atom. The first kappa shape index (κ1) is 21.2. The zero-order valence-electron chi connectivity index (χ0n) is 17.6. The predicted molar refractivity (Wildman–Crippen MR) is 106 cm³/mol. The molecule has 4 amide bonds. The van der Waals surface area contributed by atoms with Gasteiger partial charge >= 0.3 is 18.0 Å². The number of hydrogen-bond acceptors (Lipinski definition) is 9. The fraction of sp³-hybridized carbons (Fsp3) is 0.286. The number of fused-ring (bicyclic) bond motifs is 3. The van der Waals surface area contributed by atoms with E-state index < -0.39 is 52.9 Å². The van der Waals surface area contributed by atoms with Crippen molar-refractivity contribution in [2.24, 2.45) is 0 Å². The Morgan fingerprint density at radius 1 is 0.969 bits per heavy atom. The molecule has 11 nitrogen and oxygen atoms in total. The smallest absolute Gasteiger partial charge is 0.355 e. The molecular formula is C21H19N3O8. The number of hydrogen-bond donors (Lipinski definition) is 0. The molecule has 3 aliphatic rings. The molecule has 1 saturated heterocycles. The van der Waals surface area contributed by atoms with Gasteiger partial charge in [-0.15, -0.1) is 0 Å². The second kappa shape index (κ2) is 7.31. The van der Waals surface area contributed by atoms with Crippen LogP contribution in [0.25, 0.3) is 6.08 Å². The Hall–Kier alpha value is -3.99. The standard InChI is InChI=1S/C21H19N3O8/c1-22-18(27)21(19(28)23(2)20(22)29)13(16(25)30-3)14(17(26)31-4)24-10-9-11-7-5-6-8-12(11)15(24)32-21/h5-10,15H,1-4H3. The summed E-state index contributed by atoms with van der Waals surface area (Å²) >= 11 is 0. The van der Waals surface area contributed by atoms with Crippen LogP contribution in [0.2, 0.25) is 0 Å². The van der Waals surface area contributed by atoms with Gasteiger partial charge in [-0.05, 0) is 11.6 Å². The fourth-order valence-electron chi connectivity index (χ4n) is 4.03. The lowest BCUT2D eigenvalue weighted by Gasteiger charge is -2.49. The number of ether oxygens (including phenoxy) is 3. The minimum atomic E-state index is -2.65. The minimum absolute atomic E-state index is 0.404. The van der Waals surface area contributed by atoms with Crippen molar-refractivity contribution >= 4 is 35.9 Å². The molecule has 11 heteroatoms. The monoisotopic (exact) mass is 441 g/mol. The van der Waals surface area contributed by atoms with Gasteiger partial charge in [-0.1, -0.05) is 24.3 Å². The van der Waals surface area contributed by atoms with E-state index in [1.54, 1.807) is 30.3 Å². The van der Waals surface area contributed by atoms with Crippen molar-refractivity contribution in [1.82, 2.24) is 14.7 Å². The molecule has 3 aliphatic heterocycles. The van der Waals surface area contributed by atoms with E-state index >= 15 is 0 Å². The van der Waals surface area contributed by atoms with Gasteiger partial charge in [0, 0.05) is 25.9 Å². The lowest BCUT2D eigenvalue weighted by Crippen LogP contribution is -2.71. The first-order valence-corrected chi connectivity index (χ1v) is 9.45. The summed E-state index contributed by atoms with van der Waals surface area (Å²) in [5.41, 5.74) is -2.48. The summed E-state index contributed by atoms with van der Waals surface area (Å²) in [6.45, 7) is 0. The zero-order chi connectivity index (χ0) is 23.4. The van der Waals surface area contributed by atoms with E-state index in [0.717, 1.165) is 28.3 Å². The zero-order valence-corrected chi connectivity index (χ0v) is 17.6. The summed E-state index contributed by atoms with van der Waals surface area (Å²) in [4.78, 5) is 67.7. The Kier molecular flexibility index (Phi) is 4.85. The Morgan fingerprint density at radius 2 is 1.56 bits per heavy atom. The van der Waals surface area contributed by atoms with Gasteiger partial charge < -0.3 is 19.1 Å². The molecule has 0 saturated carbocycles. The van der Waals surface area contributed by atoms with Crippen molar-refractivity contribution in [3.63, 3.8) is 0 Å². The van der Waals surface area contributed by atoms with Crippen LogP contribution in [0.5, 0.6) is 0 Å². The highest BCUT2D eigenvalue weighted by Gasteiger charge is 2.67. The number of nitrogens with zero attached hydrogens (tertiary/aromatic N) is 3. The minimum Gasteiger partial charge on any atom is -0.465 e. The number of amides is 4. The van der Waals surface area contributed by atoms with E-state index in [2.05, 4.69) is 0 Å². The molecule has 1 fully saturated rings. The Labute approximate surface area is 182 Å².